The van der Waals surface area contributed by atoms with Gasteiger partial charge in [-0.3, -0.25) is 9.59 Å². The van der Waals surface area contributed by atoms with Crippen molar-refractivity contribution in [3.8, 4) is 33.6 Å². The van der Waals surface area contributed by atoms with Gasteiger partial charge < -0.3 is 29.8 Å². The lowest BCUT2D eigenvalue weighted by Gasteiger charge is -2.28. The fraction of sp³-hybridized carbons (Fsp3) is 0.267. The van der Waals surface area contributed by atoms with E-state index in [9.17, 15) is 14.4 Å². The lowest BCUT2D eigenvalue weighted by Crippen LogP contribution is -2.42. The van der Waals surface area contributed by atoms with Gasteiger partial charge in [-0.05, 0) is 66.0 Å². The molecule has 0 radical (unpaired) electrons. The highest BCUT2D eigenvalue weighted by Gasteiger charge is 2.37. The quantitative estimate of drug-likeness (QED) is 0.129. The van der Waals surface area contributed by atoms with Crippen LogP contribution in [0.2, 0.25) is 0 Å². The van der Waals surface area contributed by atoms with Crippen molar-refractivity contribution in [1.29, 1.82) is 0 Å². The molecule has 4 aromatic carbocycles. The molecule has 284 valence electrons. The third-order valence-corrected chi connectivity index (χ3v) is 11.1. The van der Waals surface area contributed by atoms with Crippen LogP contribution in [0.15, 0.2) is 122 Å². The summed E-state index contributed by atoms with van der Waals surface area (Å²) in [5, 5.41) is 2.72. The number of methoxy groups -OCH3 is 1. The molecule has 0 bridgehead atoms. The van der Waals surface area contributed by atoms with Gasteiger partial charge in [-0.1, -0.05) is 109 Å². The Kier molecular flexibility index (Phi) is 10.5. The van der Waals surface area contributed by atoms with Gasteiger partial charge in [-0.25, -0.2) is 14.8 Å². The number of benzene rings is 4. The van der Waals surface area contributed by atoms with Crippen LogP contribution in [0.4, 0.5) is 4.79 Å². The van der Waals surface area contributed by atoms with Gasteiger partial charge >= 0.3 is 6.09 Å². The van der Waals surface area contributed by atoms with Crippen molar-refractivity contribution in [3.63, 3.8) is 0 Å². The van der Waals surface area contributed by atoms with Crippen LogP contribution in [-0.4, -0.2) is 67.8 Å². The summed E-state index contributed by atoms with van der Waals surface area (Å²) in [6, 6.07) is 34.7. The molecule has 2 aliphatic heterocycles. The second kappa shape index (κ2) is 16.1. The standard InChI is InChI=1S/C45H45N7O4/c1-29(30-11-5-3-6-12-30)43(53)51-25-9-15-38(51)41-46-27-36(48-41)33-21-17-31(18-22-33)32-19-23-34(24-20-32)37-28-47-42(49-37)39-16-10-26-52(39)44(54)40(50-45(55)56-2)35-13-7-4-8-14-35/h3-8,11-14,17-24,27-29,38-40H,9-10,15-16,25-26H2,1-2H3,(H,46,48)(H,47,49)(H,50,55)/t29-,38+,39+,40-/m1/s1. The van der Waals surface area contributed by atoms with Crippen molar-refractivity contribution in [1.82, 2.24) is 35.1 Å². The third kappa shape index (κ3) is 7.44. The second-order valence-electron chi connectivity index (χ2n) is 14.5. The summed E-state index contributed by atoms with van der Waals surface area (Å²) in [6.45, 7) is 3.28. The lowest BCUT2D eigenvalue weighted by molar-refractivity contribution is -0.135. The van der Waals surface area contributed by atoms with Crippen LogP contribution in [0.25, 0.3) is 33.6 Å². The molecular weight excluding hydrogens is 703 g/mol. The lowest BCUT2D eigenvalue weighted by atomic mass is 9.99. The zero-order chi connectivity index (χ0) is 38.6. The number of nitrogens with zero attached hydrogens (tertiary/aromatic N) is 4. The van der Waals surface area contributed by atoms with Gasteiger partial charge in [0.05, 0.1) is 48.9 Å². The third-order valence-electron chi connectivity index (χ3n) is 11.1. The summed E-state index contributed by atoms with van der Waals surface area (Å²) in [6.07, 6.45) is 6.45. The molecule has 2 fully saturated rings. The number of H-pyrrole nitrogens is 2. The molecule has 0 spiro atoms. The molecule has 3 amide bonds. The first-order chi connectivity index (χ1) is 27.4. The number of nitrogens with one attached hydrogen (secondary N) is 3. The van der Waals surface area contributed by atoms with Gasteiger partial charge in [-0.15, -0.1) is 0 Å². The molecule has 56 heavy (non-hydrogen) atoms. The van der Waals surface area contributed by atoms with Crippen molar-refractivity contribution < 1.29 is 19.1 Å². The Balaban J connectivity index is 0.925. The molecule has 11 nitrogen and oxygen atoms in total. The van der Waals surface area contributed by atoms with E-state index in [1.807, 2.05) is 84.9 Å². The molecule has 2 saturated heterocycles. The highest BCUT2D eigenvalue weighted by Crippen LogP contribution is 2.36. The topological polar surface area (TPSA) is 136 Å². The predicted molar refractivity (Wildman–Crippen MR) is 214 cm³/mol. The SMILES string of the molecule is COC(=O)N[C@@H](C(=O)N1CCC[C@H]1c1ncc(-c2ccc(-c3ccc(-c4cnc([C@@H]5CCCN5C(=O)[C@H](C)c5ccccc5)[nH]4)cc3)cc2)[nH]1)c1ccccc1. The molecule has 0 saturated carbocycles. The van der Waals surface area contributed by atoms with Crippen LogP contribution in [0.3, 0.4) is 0 Å². The smallest absolute Gasteiger partial charge is 0.407 e. The summed E-state index contributed by atoms with van der Waals surface area (Å²) in [5.74, 6) is 1.27. The normalized spacial score (nSPS) is 17.8. The zero-order valence-corrected chi connectivity index (χ0v) is 31.5. The maximum Gasteiger partial charge on any atom is 0.407 e. The first-order valence-corrected chi connectivity index (χ1v) is 19.2. The zero-order valence-electron chi connectivity index (χ0n) is 31.5. The first kappa shape index (κ1) is 36.5. The van der Waals surface area contributed by atoms with Gasteiger partial charge in [0.15, 0.2) is 0 Å². The van der Waals surface area contributed by atoms with Crippen molar-refractivity contribution in [2.75, 3.05) is 20.2 Å². The van der Waals surface area contributed by atoms with Crippen LogP contribution in [-0.2, 0) is 14.3 Å². The van der Waals surface area contributed by atoms with E-state index < -0.39 is 12.1 Å². The van der Waals surface area contributed by atoms with Crippen molar-refractivity contribution in [2.45, 2.75) is 56.7 Å². The van der Waals surface area contributed by atoms with Gasteiger partial charge in [0, 0.05) is 13.1 Å². The Hall–Kier alpha value is -6.49. The molecule has 6 aromatic rings. The largest absolute Gasteiger partial charge is 0.453 e. The van der Waals surface area contributed by atoms with E-state index in [-0.39, 0.29) is 29.8 Å². The maximum absolute atomic E-state index is 13.9. The number of carbonyl (C=O) groups excluding carboxylic acids is 3. The van der Waals surface area contributed by atoms with Crippen LogP contribution < -0.4 is 5.32 Å². The van der Waals surface area contributed by atoms with Crippen molar-refractivity contribution in [3.05, 3.63) is 144 Å². The summed E-state index contributed by atoms with van der Waals surface area (Å²) in [4.78, 5) is 59.8. The van der Waals surface area contributed by atoms with Gasteiger partial charge in [0.1, 0.15) is 17.7 Å². The van der Waals surface area contributed by atoms with E-state index in [2.05, 4.69) is 63.8 Å². The molecule has 0 unspecified atom stereocenters. The Morgan fingerprint density at radius 1 is 0.643 bits per heavy atom. The highest BCUT2D eigenvalue weighted by molar-refractivity contribution is 5.87. The molecular formula is C45H45N7O4. The summed E-state index contributed by atoms with van der Waals surface area (Å²) in [5.41, 5.74) is 7.67. The molecule has 2 aromatic heterocycles. The molecule has 4 heterocycles. The fourth-order valence-corrected chi connectivity index (χ4v) is 8.03. The number of imidazole rings is 2. The molecule has 4 atom stereocenters. The van der Waals surface area contributed by atoms with E-state index >= 15 is 0 Å². The minimum absolute atomic E-state index is 0.0620. The number of alkyl carbamates (subject to hydrolysis) is 1. The minimum Gasteiger partial charge on any atom is -0.453 e. The van der Waals surface area contributed by atoms with Crippen LogP contribution >= 0.6 is 0 Å². The van der Waals surface area contributed by atoms with Crippen LogP contribution in [0, 0.1) is 0 Å². The first-order valence-electron chi connectivity index (χ1n) is 19.2. The second-order valence-corrected chi connectivity index (χ2v) is 14.5. The van der Waals surface area contributed by atoms with Gasteiger partial charge in [-0.2, -0.15) is 0 Å². The van der Waals surface area contributed by atoms with E-state index in [1.165, 1.54) is 7.11 Å². The molecule has 0 aliphatic carbocycles. The number of ether oxygens (including phenoxy) is 1. The Morgan fingerprint density at radius 3 is 1.57 bits per heavy atom. The van der Waals surface area contributed by atoms with Crippen LogP contribution in [0.1, 0.15) is 79.4 Å². The van der Waals surface area contributed by atoms with Gasteiger partial charge in [0.25, 0.3) is 5.91 Å². The summed E-state index contributed by atoms with van der Waals surface area (Å²) < 4.78 is 4.83. The highest BCUT2D eigenvalue weighted by atomic mass is 16.5. The van der Waals surface area contributed by atoms with E-state index in [4.69, 9.17) is 14.7 Å². The number of rotatable bonds is 10. The fourth-order valence-electron chi connectivity index (χ4n) is 8.03. The maximum atomic E-state index is 13.9. The van der Waals surface area contributed by atoms with E-state index in [0.717, 1.165) is 77.3 Å². The summed E-state index contributed by atoms with van der Waals surface area (Å²) >= 11 is 0. The molecule has 11 heteroatoms. The molecule has 2 aliphatic rings. The average molecular weight is 748 g/mol. The average Bonchev–Trinajstić information content (AvgIpc) is 4.10. The Morgan fingerprint density at radius 2 is 1.09 bits per heavy atom. The Labute approximate surface area is 326 Å². The molecule has 3 N–H and O–H groups in total. The number of aromatic nitrogens is 4. The molecule has 8 rings (SSSR count). The number of likely N-dealkylation sites (tertiary alicyclic amines) is 2. The summed E-state index contributed by atoms with van der Waals surface area (Å²) in [7, 11) is 1.29. The monoisotopic (exact) mass is 747 g/mol. The van der Waals surface area contributed by atoms with Crippen molar-refractivity contribution in [2.24, 2.45) is 0 Å². The number of aromatic amines is 2. The van der Waals surface area contributed by atoms with Gasteiger partial charge in [0.2, 0.25) is 5.91 Å². The predicted octanol–water partition coefficient (Wildman–Crippen LogP) is 8.36. The minimum atomic E-state index is -0.869. The van der Waals surface area contributed by atoms with Crippen LogP contribution in [0.5, 0.6) is 0 Å². The van der Waals surface area contributed by atoms with Crippen molar-refractivity contribution >= 4 is 17.9 Å². The number of hydrogen-bond donors (Lipinski definition) is 3. The Bertz CT molecular complexity index is 2290. The van der Waals surface area contributed by atoms with E-state index in [1.54, 1.807) is 4.90 Å². The number of hydrogen-bond acceptors (Lipinski definition) is 6. The number of amides is 3. The number of carbonyl (C=O) groups is 3. The van der Waals surface area contributed by atoms with E-state index in [0.29, 0.717) is 17.9 Å².